The van der Waals surface area contributed by atoms with Gasteiger partial charge in [0, 0.05) is 18.1 Å². The Morgan fingerprint density at radius 1 is 1.15 bits per heavy atom. The van der Waals surface area contributed by atoms with E-state index >= 15 is 0 Å². The zero-order chi connectivity index (χ0) is 17.9. The van der Waals surface area contributed by atoms with Crippen LogP contribution in [-0.4, -0.2) is 21.8 Å². The van der Waals surface area contributed by atoms with Crippen molar-refractivity contribution in [1.29, 1.82) is 0 Å². The Labute approximate surface area is 156 Å². The van der Waals surface area contributed by atoms with E-state index in [0.717, 1.165) is 28.3 Å². The number of amides is 1. The first-order valence-electron chi connectivity index (χ1n) is 8.57. The minimum Gasteiger partial charge on any atom is -0.352 e. The number of carbonyl (C=O) groups excluding carboxylic acids is 1. The van der Waals surface area contributed by atoms with Gasteiger partial charge in [0.05, 0.1) is 27.5 Å². The summed E-state index contributed by atoms with van der Waals surface area (Å²) in [6.45, 7) is 2.60. The highest BCUT2D eigenvalue weighted by atomic mass is 32.1. The molecule has 0 aliphatic carbocycles. The number of aromatic nitrogens is 2. The molecule has 3 aromatic heterocycles. The van der Waals surface area contributed by atoms with E-state index in [1.807, 2.05) is 65.4 Å². The number of nitrogens with one attached hydrogen (secondary N) is 1. The highest BCUT2D eigenvalue weighted by Crippen LogP contribution is 2.27. The fourth-order valence-electron chi connectivity index (χ4n) is 3.07. The average Bonchev–Trinajstić information content (AvgIpc) is 3.26. The summed E-state index contributed by atoms with van der Waals surface area (Å²) >= 11 is 1.61. The SMILES string of the molecule is Cc1nc(-c2cc(C(=O)NCCc3ccccc3)c3ccccn23)cs1. The second kappa shape index (κ2) is 7.14. The minimum atomic E-state index is -0.0529. The molecule has 130 valence electrons. The number of aryl methyl sites for hydroxylation is 1. The molecular formula is C21H19N3OS. The van der Waals surface area contributed by atoms with Gasteiger partial charge in [-0.1, -0.05) is 36.4 Å². The van der Waals surface area contributed by atoms with Crippen LogP contribution in [0.4, 0.5) is 0 Å². The maximum absolute atomic E-state index is 12.8. The molecule has 0 radical (unpaired) electrons. The summed E-state index contributed by atoms with van der Waals surface area (Å²) in [5, 5.41) is 6.08. The second-order valence-electron chi connectivity index (χ2n) is 6.14. The quantitative estimate of drug-likeness (QED) is 0.575. The van der Waals surface area contributed by atoms with Crippen LogP contribution in [0.25, 0.3) is 16.9 Å². The molecule has 5 heteroatoms. The number of fused-ring (bicyclic) bond motifs is 1. The van der Waals surface area contributed by atoms with Crippen molar-refractivity contribution in [1.82, 2.24) is 14.7 Å². The van der Waals surface area contributed by atoms with E-state index in [1.165, 1.54) is 5.56 Å². The predicted molar refractivity (Wildman–Crippen MR) is 106 cm³/mol. The van der Waals surface area contributed by atoms with Gasteiger partial charge in [-0.3, -0.25) is 4.79 Å². The maximum atomic E-state index is 12.8. The molecule has 3 heterocycles. The van der Waals surface area contributed by atoms with Gasteiger partial charge in [0.1, 0.15) is 0 Å². The Hall–Kier alpha value is -2.92. The molecule has 1 aromatic carbocycles. The summed E-state index contributed by atoms with van der Waals surface area (Å²) in [5.74, 6) is -0.0529. The fourth-order valence-corrected chi connectivity index (χ4v) is 3.68. The van der Waals surface area contributed by atoms with Gasteiger partial charge in [-0.15, -0.1) is 11.3 Å². The van der Waals surface area contributed by atoms with Gasteiger partial charge >= 0.3 is 0 Å². The largest absolute Gasteiger partial charge is 0.352 e. The molecule has 26 heavy (non-hydrogen) atoms. The number of thiazole rings is 1. The highest BCUT2D eigenvalue weighted by molar-refractivity contribution is 7.09. The molecule has 0 unspecified atom stereocenters. The third-order valence-corrected chi connectivity index (χ3v) is 5.12. The van der Waals surface area contributed by atoms with Crippen molar-refractivity contribution in [2.45, 2.75) is 13.3 Å². The Morgan fingerprint density at radius 2 is 1.96 bits per heavy atom. The number of hydrogen-bond acceptors (Lipinski definition) is 3. The Balaban J connectivity index is 1.59. The van der Waals surface area contributed by atoms with Gasteiger partial charge < -0.3 is 9.72 Å². The van der Waals surface area contributed by atoms with Crippen LogP contribution in [0, 0.1) is 6.92 Å². The molecule has 1 N–H and O–H groups in total. The van der Waals surface area contributed by atoms with E-state index in [0.29, 0.717) is 12.1 Å². The van der Waals surface area contributed by atoms with E-state index in [4.69, 9.17) is 0 Å². The molecule has 0 aliphatic heterocycles. The van der Waals surface area contributed by atoms with E-state index in [1.54, 1.807) is 11.3 Å². The zero-order valence-corrected chi connectivity index (χ0v) is 15.3. The van der Waals surface area contributed by atoms with Gasteiger partial charge in [-0.05, 0) is 37.1 Å². The summed E-state index contributed by atoms with van der Waals surface area (Å²) in [6, 6.07) is 18.0. The van der Waals surface area contributed by atoms with Crippen molar-refractivity contribution in [3.8, 4) is 11.4 Å². The first-order valence-corrected chi connectivity index (χ1v) is 9.45. The van der Waals surface area contributed by atoms with Crippen molar-refractivity contribution in [2.75, 3.05) is 6.54 Å². The van der Waals surface area contributed by atoms with Crippen LogP contribution < -0.4 is 5.32 Å². The fraction of sp³-hybridized carbons (Fsp3) is 0.143. The lowest BCUT2D eigenvalue weighted by molar-refractivity contribution is 0.0956. The molecule has 1 amide bonds. The number of benzene rings is 1. The van der Waals surface area contributed by atoms with Crippen LogP contribution in [-0.2, 0) is 6.42 Å². The van der Waals surface area contributed by atoms with Crippen LogP contribution in [0.5, 0.6) is 0 Å². The zero-order valence-electron chi connectivity index (χ0n) is 14.5. The van der Waals surface area contributed by atoms with Gasteiger partial charge in [0.15, 0.2) is 0 Å². The summed E-state index contributed by atoms with van der Waals surface area (Å²) in [7, 11) is 0. The lowest BCUT2D eigenvalue weighted by Crippen LogP contribution is -2.25. The van der Waals surface area contributed by atoms with Gasteiger partial charge in [0.2, 0.25) is 0 Å². The molecule has 4 nitrogen and oxygen atoms in total. The monoisotopic (exact) mass is 361 g/mol. The summed E-state index contributed by atoms with van der Waals surface area (Å²) < 4.78 is 2.03. The van der Waals surface area contributed by atoms with Crippen LogP contribution in [0.3, 0.4) is 0 Å². The number of carbonyl (C=O) groups is 1. The van der Waals surface area contributed by atoms with Crippen molar-refractivity contribution in [3.63, 3.8) is 0 Å². The van der Waals surface area contributed by atoms with E-state index in [-0.39, 0.29) is 5.91 Å². The van der Waals surface area contributed by atoms with Crippen LogP contribution in [0.1, 0.15) is 20.9 Å². The number of rotatable bonds is 5. The van der Waals surface area contributed by atoms with Crippen molar-refractivity contribution in [3.05, 3.63) is 82.3 Å². The number of nitrogens with zero attached hydrogens (tertiary/aromatic N) is 2. The summed E-state index contributed by atoms with van der Waals surface area (Å²) in [5.41, 5.74) is 4.63. The van der Waals surface area contributed by atoms with Crippen molar-refractivity contribution < 1.29 is 4.79 Å². The summed E-state index contributed by atoms with van der Waals surface area (Å²) in [4.78, 5) is 17.3. The topological polar surface area (TPSA) is 46.4 Å². The molecule has 0 saturated heterocycles. The average molecular weight is 361 g/mol. The van der Waals surface area contributed by atoms with E-state index in [2.05, 4.69) is 22.4 Å². The molecule has 0 bridgehead atoms. The van der Waals surface area contributed by atoms with Crippen molar-refractivity contribution in [2.24, 2.45) is 0 Å². The smallest absolute Gasteiger partial charge is 0.253 e. The third-order valence-electron chi connectivity index (χ3n) is 4.34. The Kier molecular flexibility index (Phi) is 4.54. The van der Waals surface area contributed by atoms with Crippen LogP contribution in [0.2, 0.25) is 0 Å². The maximum Gasteiger partial charge on any atom is 0.253 e. The second-order valence-corrected chi connectivity index (χ2v) is 7.20. The molecule has 0 spiro atoms. The van der Waals surface area contributed by atoms with E-state index in [9.17, 15) is 4.79 Å². The lowest BCUT2D eigenvalue weighted by Gasteiger charge is -2.05. The molecule has 4 rings (SSSR count). The first kappa shape index (κ1) is 16.5. The lowest BCUT2D eigenvalue weighted by atomic mass is 10.1. The molecule has 0 atom stereocenters. The van der Waals surface area contributed by atoms with Gasteiger partial charge in [0.25, 0.3) is 5.91 Å². The normalized spacial score (nSPS) is 11.0. The van der Waals surface area contributed by atoms with Crippen LogP contribution >= 0.6 is 11.3 Å². The Morgan fingerprint density at radius 3 is 2.73 bits per heavy atom. The van der Waals surface area contributed by atoms with E-state index < -0.39 is 0 Å². The summed E-state index contributed by atoms with van der Waals surface area (Å²) in [6.07, 6.45) is 2.79. The molecule has 0 fully saturated rings. The molecule has 4 aromatic rings. The van der Waals surface area contributed by atoms with Gasteiger partial charge in [-0.2, -0.15) is 0 Å². The highest BCUT2D eigenvalue weighted by Gasteiger charge is 2.17. The standard InChI is InChI=1S/C21H19N3OS/c1-15-23-18(14-26-15)20-13-17(19-9-5-6-12-24(19)20)21(25)22-11-10-16-7-3-2-4-8-16/h2-9,12-14H,10-11H2,1H3,(H,22,25). The van der Waals surface area contributed by atoms with Gasteiger partial charge in [-0.25, -0.2) is 4.98 Å². The predicted octanol–water partition coefficient (Wildman–Crippen LogP) is 4.34. The molecule has 0 aliphatic rings. The molecule has 0 saturated carbocycles. The molecular weight excluding hydrogens is 342 g/mol. The Bertz CT molecular complexity index is 1050. The number of pyridine rings is 1. The first-order chi connectivity index (χ1) is 12.7. The minimum absolute atomic E-state index is 0.0529. The number of hydrogen-bond donors (Lipinski definition) is 1. The third kappa shape index (κ3) is 3.26. The van der Waals surface area contributed by atoms with Crippen molar-refractivity contribution >= 4 is 22.8 Å². The van der Waals surface area contributed by atoms with Crippen LogP contribution in [0.15, 0.2) is 66.2 Å².